The second-order valence-electron chi connectivity index (χ2n) is 5.04. The van der Waals surface area contributed by atoms with Crippen molar-refractivity contribution in [2.45, 2.75) is 13.8 Å². The largest absolute Gasteiger partial charge is 0.283 e. The Kier molecular flexibility index (Phi) is 3.72. The summed E-state index contributed by atoms with van der Waals surface area (Å²) in [7, 11) is 0. The van der Waals surface area contributed by atoms with E-state index in [9.17, 15) is 4.79 Å². The van der Waals surface area contributed by atoms with Gasteiger partial charge in [0.2, 0.25) is 5.13 Å². The van der Waals surface area contributed by atoms with Crippen LogP contribution in [0.3, 0.4) is 0 Å². The smallest absolute Gasteiger partial charge is 0.282 e. The molecule has 5 nitrogen and oxygen atoms in total. The fourth-order valence-electron chi connectivity index (χ4n) is 1.97. The Labute approximate surface area is 134 Å². The first kappa shape index (κ1) is 14.7. The predicted molar refractivity (Wildman–Crippen MR) is 88.1 cm³/mol. The van der Waals surface area contributed by atoms with Crippen LogP contribution in [0, 0.1) is 5.41 Å². The Morgan fingerprint density at radius 2 is 2.05 bits per heavy atom. The molecule has 0 radical (unpaired) electrons. The Bertz CT molecular complexity index is 1040. The number of fused-ring (bicyclic) bond motifs is 1. The van der Waals surface area contributed by atoms with Gasteiger partial charge < -0.3 is 0 Å². The molecule has 0 saturated carbocycles. The zero-order chi connectivity index (χ0) is 15.9. The molecule has 0 fully saturated rings. The van der Waals surface area contributed by atoms with E-state index < -0.39 is 5.56 Å². The van der Waals surface area contributed by atoms with Crippen molar-refractivity contribution in [3.05, 3.63) is 60.6 Å². The molecule has 0 spiro atoms. The van der Waals surface area contributed by atoms with E-state index >= 15 is 0 Å². The van der Waals surface area contributed by atoms with Crippen molar-refractivity contribution < 1.29 is 0 Å². The SMILES string of the molecule is CC(C)=c1[nH]n2c(=N)c(=Cc3ccc(Cl)cc3)c(=O)nc-2s1. The molecule has 7 heteroatoms. The number of benzene rings is 1. The van der Waals surface area contributed by atoms with Crippen LogP contribution in [0.4, 0.5) is 0 Å². The lowest BCUT2D eigenvalue weighted by Gasteiger charge is -2.00. The molecule has 1 aromatic rings. The summed E-state index contributed by atoms with van der Waals surface area (Å²) in [5.74, 6) is 0. The molecule has 2 aliphatic rings. The van der Waals surface area contributed by atoms with Crippen LogP contribution in [0.1, 0.15) is 19.4 Å². The third-order valence-corrected chi connectivity index (χ3v) is 4.55. The van der Waals surface area contributed by atoms with Gasteiger partial charge in [0.1, 0.15) is 4.66 Å². The van der Waals surface area contributed by atoms with E-state index in [1.807, 2.05) is 13.8 Å². The minimum absolute atomic E-state index is 0.0914. The Hall–Kier alpha value is -2.18. The second-order valence-corrected chi connectivity index (χ2v) is 6.45. The molecule has 2 N–H and O–H groups in total. The number of hydrogen-bond donors (Lipinski definition) is 2. The molecule has 0 saturated heterocycles. The van der Waals surface area contributed by atoms with Crippen molar-refractivity contribution in [2.75, 3.05) is 0 Å². The molecule has 0 aromatic heterocycles. The number of rotatable bonds is 1. The first-order valence-electron chi connectivity index (χ1n) is 6.57. The van der Waals surface area contributed by atoms with Gasteiger partial charge in [0.15, 0.2) is 5.49 Å². The summed E-state index contributed by atoms with van der Waals surface area (Å²) < 4.78 is 2.42. The summed E-state index contributed by atoms with van der Waals surface area (Å²) in [4.78, 5) is 16.2. The number of aromatic amines is 1. The molecule has 112 valence electrons. The number of aromatic nitrogens is 3. The van der Waals surface area contributed by atoms with E-state index in [4.69, 9.17) is 17.0 Å². The van der Waals surface area contributed by atoms with E-state index in [2.05, 4.69) is 10.1 Å². The van der Waals surface area contributed by atoms with Crippen LogP contribution >= 0.6 is 22.9 Å². The summed E-state index contributed by atoms with van der Waals surface area (Å²) in [6, 6.07) is 7.07. The summed E-state index contributed by atoms with van der Waals surface area (Å²) in [6.07, 6.45) is 1.65. The molecule has 3 rings (SSSR count). The third-order valence-electron chi connectivity index (χ3n) is 3.14. The van der Waals surface area contributed by atoms with Gasteiger partial charge >= 0.3 is 0 Å². The van der Waals surface area contributed by atoms with Crippen molar-refractivity contribution in [2.24, 2.45) is 0 Å². The van der Waals surface area contributed by atoms with Gasteiger partial charge in [0.05, 0.1) is 5.22 Å². The van der Waals surface area contributed by atoms with Crippen molar-refractivity contribution in [3.63, 3.8) is 0 Å². The molecular formula is C15H13ClN4OS. The minimum Gasteiger partial charge on any atom is -0.282 e. The Morgan fingerprint density at radius 1 is 1.36 bits per heavy atom. The lowest BCUT2D eigenvalue weighted by molar-refractivity contribution is 0.749. The minimum atomic E-state index is -0.407. The fourth-order valence-corrected chi connectivity index (χ4v) is 2.98. The highest BCUT2D eigenvalue weighted by Crippen LogP contribution is 2.09. The summed E-state index contributed by atoms with van der Waals surface area (Å²) >= 11 is 7.21. The van der Waals surface area contributed by atoms with Crippen LogP contribution < -0.4 is 20.9 Å². The van der Waals surface area contributed by atoms with Gasteiger partial charge in [-0.15, -0.1) is 0 Å². The van der Waals surface area contributed by atoms with Crippen LogP contribution in [0.15, 0.2) is 29.1 Å². The molecule has 0 amide bonds. The number of hydrogen-bond acceptors (Lipinski definition) is 4. The van der Waals surface area contributed by atoms with E-state index in [-0.39, 0.29) is 10.7 Å². The molecule has 1 aromatic carbocycles. The van der Waals surface area contributed by atoms with Gasteiger partial charge in [0, 0.05) is 5.02 Å². The zero-order valence-corrected chi connectivity index (χ0v) is 13.5. The third kappa shape index (κ3) is 2.63. The van der Waals surface area contributed by atoms with Crippen LogP contribution in [0.2, 0.25) is 5.02 Å². The summed E-state index contributed by atoms with van der Waals surface area (Å²) in [5.41, 5.74) is 1.56. The Balaban J connectivity index is 2.34. The molecule has 2 aliphatic heterocycles. The predicted octanol–water partition coefficient (Wildman–Crippen LogP) is 1.21. The molecule has 0 aliphatic carbocycles. The first-order chi connectivity index (χ1) is 10.5. The fraction of sp³-hybridized carbons (Fsp3) is 0.133. The van der Waals surface area contributed by atoms with Gasteiger partial charge in [-0.05, 0) is 43.2 Å². The monoisotopic (exact) mass is 332 g/mol. The number of halogens is 1. The van der Waals surface area contributed by atoms with Crippen LogP contribution in [0.5, 0.6) is 0 Å². The lowest BCUT2D eigenvalue weighted by Crippen LogP contribution is -2.47. The summed E-state index contributed by atoms with van der Waals surface area (Å²) in [5, 5.41) is 12.7. The average Bonchev–Trinajstić information content (AvgIpc) is 2.90. The van der Waals surface area contributed by atoms with Gasteiger partial charge in [-0.2, -0.15) is 4.98 Å². The van der Waals surface area contributed by atoms with E-state index in [0.29, 0.717) is 10.2 Å². The van der Waals surface area contributed by atoms with E-state index in [1.165, 1.54) is 16.0 Å². The standard InChI is InChI=1S/C15H13ClN4OS/c1-8(2)14-19-20-12(17)11(13(21)18-15(20)22-14)7-9-3-5-10(16)6-4-9/h3-7,17,19H,1-2H3. The van der Waals surface area contributed by atoms with Crippen LogP contribution in [-0.4, -0.2) is 14.8 Å². The van der Waals surface area contributed by atoms with Crippen molar-refractivity contribution in [1.82, 2.24) is 14.8 Å². The van der Waals surface area contributed by atoms with Crippen molar-refractivity contribution >= 4 is 34.6 Å². The second kappa shape index (κ2) is 5.55. The van der Waals surface area contributed by atoms with E-state index in [0.717, 1.165) is 15.8 Å². The molecule has 0 atom stereocenters. The maximum absolute atomic E-state index is 12.2. The first-order valence-corrected chi connectivity index (χ1v) is 7.76. The number of H-pyrrole nitrogens is 1. The normalized spacial score (nSPS) is 12.0. The van der Waals surface area contributed by atoms with E-state index in [1.54, 1.807) is 30.3 Å². The van der Waals surface area contributed by atoms with Crippen LogP contribution in [0.25, 0.3) is 16.8 Å². The summed E-state index contributed by atoms with van der Waals surface area (Å²) in [6.45, 7) is 3.93. The quantitative estimate of drug-likeness (QED) is 0.703. The number of nitrogens with zero attached hydrogens (tertiary/aromatic N) is 2. The highest BCUT2D eigenvalue weighted by molar-refractivity contribution is 7.11. The van der Waals surface area contributed by atoms with Gasteiger partial charge in [-0.1, -0.05) is 35.1 Å². The van der Waals surface area contributed by atoms with Crippen molar-refractivity contribution in [3.8, 4) is 5.13 Å². The highest BCUT2D eigenvalue weighted by atomic mass is 35.5. The maximum Gasteiger partial charge on any atom is 0.283 e. The molecular weight excluding hydrogens is 320 g/mol. The van der Waals surface area contributed by atoms with Gasteiger partial charge in [-0.3, -0.25) is 15.3 Å². The highest BCUT2D eigenvalue weighted by Gasteiger charge is 2.10. The lowest BCUT2D eigenvalue weighted by atomic mass is 10.2. The van der Waals surface area contributed by atoms with Gasteiger partial charge in [-0.25, -0.2) is 4.68 Å². The average molecular weight is 333 g/mol. The van der Waals surface area contributed by atoms with Crippen molar-refractivity contribution in [1.29, 1.82) is 5.41 Å². The topological polar surface area (TPSA) is 74.5 Å². The Morgan fingerprint density at radius 3 is 2.68 bits per heavy atom. The number of nitrogens with one attached hydrogen (secondary N) is 2. The molecule has 22 heavy (non-hydrogen) atoms. The molecule has 0 unspecified atom stereocenters. The maximum atomic E-state index is 12.2. The molecule has 2 heterocycles. The van der Waals surface area contributed by atoms with Crippen LogP contribution in [-0.2, 0) is 0 Å². The van der Waals surface area contributed by atoms with Gasteiger partial charge in [0.25, 0.3) is 5.56 Å². The zero-order valence-electron chi connectivity index (χ0n) is 12.0. The molecule has 0 bridgehead atoms.